The number of rotatable bonds is 5. The Bertz CT molecular complexity index is 1180. The molecule has 158 valence electrons. The first kappa shape index (κ1) is 19.4. The number of nitrogens with zero attached hydrogens (tertiary/aromatic N) is 5. The van der Waals surface area contributed by atoms with E-state index in [0.29, 0.717) is 18.1 Å². The van der Waals surface area contributed by atoms with Gasteiger partial charge in [-0.25, -0.2) is 9.07 Å². The topological polar surface area (TPSA) is 88.1 Å². The summed E-state index contributed by atoms with van der Waals surface area (Å²) in [6, 6.07) is 13.8. The molecule has 0 N–H and O–H groups in total. The zero-order valence-corrected chi connectivity index (χ0v) is 17.0. The molecule has 0 saturated heterocycles. The van der Waals surface area contributed by atoms with Crippen LogP contribution in [-0.2, 0) is 17.9 Å². The number of halogens is 1. The molecule has 4 aromatic rings. The molecule has 0 unspecified atom stereocenters. The Balaban J connectivity index is 1.35. The third kappa shape index (κ3) is 3.91. The Morgan fingerprint density at radius 2 is 1.87 bits per heavy atom. The third-order valence-corrected chi connectivity index (χ3v) is 4.95. The van der Waals surface area contributed by atoms with Gasteiger partial charge in [0, 0.05) is 5.56 Å². The van der Waals surface area contributed by atoms with Gasteiger partial charge in [0.25, 0.3) is 5.89 Å². The van der Waals surface area contributed by atoms with E-state index in [1.165, 1.54) is 12.1 Å². The highest BCUT2D eigenvalue weighted by atomic mass is 19.1. The van der Waals surface area contributed by atoms with Gasteiger partial charge >= 0.3 is 0 Å². The smallest absolute Gasteiger partial charge is 0.280 e. The number of fused-ring (bicyclic) bond motifs is 1. The van der Waals surface area contributed by atoms with E-state index in [1.54, 1.807) is 16.8 Å². The van der Waals surface area contributed by atoms with Crippen LogP contribution in [0, 0.1) is 5.82 Å². The molecular formula is C22H20FN5O3. The van der Waals surface area contributed by atoms with Crippen LogP contribution >= 0.6 is 0 Å². The quantitative estimate of drug-likeness (QED) is 0.477. The number of aromatic nitrogens is 5. The molecule has 8 nitrogen and oxygen atoms in total. The van der Waals surface area contributed by atoms with Crippen molar-refractivity contribution in [1.82, 2.24) is 25.1 Å². The fourth-order valence-corrected chi connectivity index (χ4v) is 3.45. The van der Waals surface area contributed by atoms with Gasteiger partial charge in [0.05, 0.1) is 24.9 Å². The SMILES string of the molecule is CC(C)Oc1ccc(-c2noc(-c3nnn4c3CO[C@H](c3ccc(F)cc3)C4)n2)cc1. The van der Waals surface area contributed by atoms with Crippen LogP contribution in [0.4, 0.5) is 4.39 Å². The second kappa shape index (κ2) is 7.92. The van der Waals surface area contributed by atoms with Crippen LogP contribution in [0.25, 0.3) is 23.0 Å². The number of hydrogen-bond acceptors (Lipinski definition) is 7. The minimum Gasteiger partial charge on any atom is -0.491 e. The summed E-state index contributed by atoms with van der Waals surface area (Å²) in [7, 11) is 0. The molecule has 1 atom stereocenters. The van der Waals surface area contributed by atoms with Crippen molar-refractivity contribution < 1.29 is 18.4 Å². The monoisotopic (exact) mass is 421 g/mol. The molecule has 0 fully saturated rings. The highest BCUT2D eigenvalue weighted by molar-refractivity contribution is 5.59. The van der Waals surface area contributed by atoms with Gasteiger partial charge < -0.3 is 14.0 Å². The summed E-state index contributed by atoms with van der Waals surface area (Å²) in [6.45, 7) is 4.70. The van der Waals surface area contributed by atoms with Gasteiger partial charge in [-0.2, -0.15) is 4.98 Å². The summed E-state index contributed by atoms with van der Waals surface area (Å²) < 4.78 is 32.0. The lowest BCUT2D eigenvalue weighted by molar-refractivity contribution is -0.00120. The summed E-state index contributed by atoms with van der Waals surface area (Å²) in [5, 5.41) is 12.5. The van der Waals surface area contributed by atoms with Crippen LogP contribution in [0.5, 0.6) is 5.75 Å². The predicted molar refractivity (Wildman–Crippen MR) is 108 cm³/mol. The molecule has 0 spiro atoms. The fourth-order valence-electron chi connectivity index (χ4n) is 3.45. The van der Waals surface area contributed by atoms with Gasteiger partial charge in [-0.3, -0.25) is 0 Å². The van der Waals surface area contributed by atoms with E-state index in [2.05, 4.69) is 20.5 Å². The van der Waals surface area contributed by atoms with Crippen LogP contribution in [0.2, 0.25) is 0 Å². The first-order valence-electron chi connectivity index (χ1n) is 9.97. The maximum Gasteiger partial charge on any atom is 0.280 e. The Labute approximate surface area is 177 Å². The van der Waals surface area contributed by atoms with Gasteiger partial charge in [-0.1, -0.05) is 22.5 Å². The van der Waals surface area contributed by atoms with Gasteiger partial charge in [0.2, 0.25) is 5.82 Å². The molecule has 9 heteroatoms. The number of benzene rings is 2. The molecule has 0 radical (unpaired) electrons. The van der Waals surface area contributed by atoms with E-state index in [9.17, 15) is 4.39 Å². The van der Waals surface area contributed by atoms with E-state index in [-0.39, 0.29) is 30.5 Å². The molecule has 2 aromatic carbocycles. The number of ether oxygens (including phenoxy) is 2. The van der Waals surface area contributed by atoms with E-state index in [0.717, 1.165) is 22.6 Å². The molecule has 0 amide bonds. The molecule has 3 heterocycles. The van der Waals surface area contributed by atoms with E-state index >= 15 is 0 Å². The van der Waals surface area contributed by atoms with Crippen molar-refractivity contribution in [2.24, 2.45) is 0 Å². The van der Waals surface area contributed by atoms with Crippen molar-refractivity contribution in [2.75, 3.05) is 0 Å². The van der Waals surface area contributed by atoms with Crippen LogP contribution < -0.4 is 4.74 Å². The minimum atomic E-state index is -0.280. The highest BCUT2D eigenvalue weighted by Crippen LogP contribution is 2.31. The average molecular weight is 421 g/mol. The fraction of sp³-hybridized carbons (Fsp3) is 0.273. The lowest BCUT2D eigenvalue weighted by Gasteiger charge is -2.24. The van der Waals surface area contributed by atoms with Crippen molar-refractivity contribution in [2.45, 2.75) is 39.2 Å². The average Bonchev–Trinajstić information content (AvgIpc) is 3.41. The first-order chi connectivity index (χ1) is 15.1. The Morgan fingerprint density at radius 1 is 1.10 bits per heavy atom. The Kier molecular flexibility index (Phi) is 4.95. The van der Waals surface area contributed by atoms with Crippen LogP contribution in [0.15, 0.2) is 53.1 Å². The second-order valence-electron chi connectivity index (χ2n) is 7.53. The maximum atomic E-state index is 13.2. The molecule has 5 rings (SSSR count). The van der Waals surface area contributed by atoms with Gasteiger partial charge in [-0.15, -0.1) is 5.10 Å². The summed E-state index contributed by atoms with van der Waals surface area (Å²) in [4.78, 5) is 4.48. The minimum absolute atomic E-state index is 0.104. The number of hydrogen-bond donors (Lipinski definition) is 0. The summed E-state index contributed by atoms with van der Waals surface area (Å²) in [5.41, 5.74) is 2.94. The van der Waals surface area contributed by atoms with Crippen molar-refractivity contribution >= 4 is 0 Å². The van der Waals surface area contributed by atoms with Crippen LogP contribution in [-0.4, -0.2) is 31.2 Å². The highest BCUT2D eigenvalue weighted by Gasteiger charge is 2.28. The zero-order valence-electron chi connectivity index (χ0n) is 17.0. The van der Waals surface area contributed by atoms with Crippen molar-refractivity contribution in [3.8, 4) is 28.7 Å². The maximum absolute atomic E-state index is 13.2. The van der Waals surface area contributed by atoms with Gasteiger partial charge in [0.15, 0.2) is 5.69 Å². The lowest BCUT2D eigenvalue weighted by atomic mass is 10.1. The molecule has 0 saturated carbocycles. The summed E-state index contributed by atoms with van der Waals surface area (Å²) in [5.74, 6) is 1.23. The predicted octanol–water partition coefficient (Wildman–Crippen LogP) is 4.19. The molecule has 1 aliphatic heterocycles. The van der Waals surface area contributed by atoms with Crippen LogP contribution in [0.1, 0.15) is 31.2 Å². The molecule has 0 aliphatic carbocycles. The standard InChI is InChI=1S/C22H20FN5O3/c1-13(2)30-17-9-5-15(6-10-17)21-24-22(31-26-21)20-18-12-29-19(11-28(18)27-25-20)14-3-7-16(23)8-4-14/h3-10,13,19H,11-12H2,1-2H3/t19-/m0/s1. The van der Waals surface area contributed by atoms with Crippen LogP contribution in [0.3, 0.4) is 0 Å². The Morgan fingerprint density at radius 3 is 2.61 bits per heavy atom. The van der Waals surface area contributed by atoms with Crippen molar-refractivity contribution in [3.63, 3.8) is 0 Å². The van der Waals surface area contributed by atoms with Gasteiger partial charge in [0.1, 0.15) is 17.7 Å². The van der Waals surface area contributed by atoms with Gasteiger partial charge in [-0.05, 0) is 55.8 Å². The molecular weight excluding hydrogens is 401 g/mol. The lowest BCUT2D eigenvalue weighted by Crippen LogP contribution is -2.22. The summed E-state index contributed by atoms with van der Waals surface area (Å²) in [6.07, 6.45) is -0.125. The molecule has 0 bridgehead atoms. The van der Waals surface area contributed by atoms with E-state index < -0.39 is 0 Å². The summed E-state index contributed by atoms with van der Waals surface area (Å²) >= 11 is 0. The zero-order chi connectivity index (χ0) is 21.4. The molecule has 2 aromatic heterocycles. The van der Waals surface area contributed by atoms with E-state index in [4.69, 9.17) is 14.0 Å². The molecule has 1 aliphatic rings. The Hall–Kier alpha value is -3.59. The van der Waals surface area contributed by atoms with Crippen molar-refractivity contribution in [3.05, 3.63) is 65.6 Å². The molecule has 31 heavy (non-hydrogen) atoms. The largest absolute Gasteiger partial charge is 0.491 e. The van der Waals surface area contributed by atoms with Crippen molar-refractivity contribution in [1.29, 1.82) is 0 Å². The van der Waals surface area contributed by atoms with E-state index in [1.807, 2.05) is 38.1 Å². The first-order valence-corrected chi connectivity index (χ1v) is 9.97. The normalized spacial score (nSPS) is 15.8. The third-order valence-electron chi connectivity index (χ3n) is 4.95. The second-order valence-corrected chi connectivity index (χ2v) is 7.53.